The van der Waals surface area contributed by atoms with E-state index in [9.17, 15) is 13.2 Å². The SMILES string of the molecule is FC(F)(F)c1ccc(C2CCC3CNCC32)cc1. The van der Waals surface area contributed by atoms with Crippen molar-refractivity contribution >= 4 is 0 Å². The van der Waals surface area contributed by atoms with Crippen molar-refractivity contribution in [3.63, 3.8) is 0 Å². The summed E-state index contributed by atoms with van der Waals surface area (Å²) in [7, 11) is 0. The molecule has 2 aliphatic rings. The molecular formula is C14H16F3N. The molecule has 1 N–H and O–H groups in total. The maximum absolute atomic E-state index is 12.5. The third-order valence-electron chi connectivity index (χ3n) is 4.42. The van der Waals surface area contributed by atoms with Crippen LogP contribution in [0.5, 0.6) is 0 Å². The zero-order valence-electron chi connectivity index (χ0n) is 10.0. The van der Waals surface area contributed by atoms with Crippen LogP contribution < -0.4 is 5.32 Å². The van der Waals surface area contributed by atoms with Crippen molar-refractivity contribution in [2.45, 2.75) is 24.9 Å². The highest BCUT2D eigenvalue weighted by atomic mass is 19.4. The third-order valence-corrected chi connectivity index (χ3v) is 4.42. The fourth-order valence-corrected chi connectivity index (χ4v) is 3.48. The minimum atomic E-state index is -4.23. The van der Waals surface area contributed by atoms with Gasteiger partial charge in [0.2, 0.25) is 0 Å². The van der Waals surface area contributed by atoms with Crippen LogP contribution in [0.3, 0.4) is 0 Å². The molecule has 2 fully saturated rings. The van der Waals surface area contributed by atoms with Gasteiger partial charge >= 0.3 is 6.18 Å². The predicted octanol–water partition coefficient (Wildman–Crippen LogP) is 3.42. The van der Waals surface area contributed by atoms with E-state index in [1.165, 1.54) is 18.6 Å². The second-order valence-corrected chi connectivity index (χ2v) is 5.39. The molecule has 1 saturated carbocycles. The molecular weight excluding hydrogens is 239 g/mol. The Morgan fingerprint density at radius 1 is 1.00 bits per heavy atom. The van der Waals surface area contributed by atoms with Gasteiger partial charge in [0, 0.05) is 0 Å². The summed E-state index contributed by atoms with van der Waals surface area (Å²) in [6.45, 7) is 2.08. The van der Waals surface area contributed by atoms with Crippen molar-refractivity contribution in [3.8, 4) is 0 Å². The number of hydrogen-bond donors (Lipinski definition) is 1. The van der Waals surface area contributed by atoms with Gasteiger partial charge in [-0.2, -0.15) is 13.2 Å². The molecule has 18 heavy (non-hydrogen) atoms. The molecule has 0 radical (unpaired) electrons. The van der Waals surface area contributed by atoms with E-state index in [1.807, 2.05) is 0 Å². The lowest BCUT2D eigenvalue weighted by Crippen LogP contribution is -2.15. The smallest absolute Gasteiger partial charge is 0.316 e. The van der Waals surface area contributed by atoms with E-state index in [0.717, 1.165) is 31.0 Å². The van der Waals surface area contributed by atoms with Gasteiger partial charge in [0.25, 0.3) is 0 Å². The van der Waals surface area contributed by atoms with Gasteiger partial charge in [-0.1, -0.05) is 12.1 Å². The maximum Gasteiger partial charge on any atom is 0.416 e. The first-order valence-corrected chi connectivity index (χ1v) is 6.43. The van der Waals surface area contributed by atoms with Crippen LogP contribution in [-0.4, -0.2) is 13.1 Å². The van der Waals surface area contributed by atoms with Crippen LogP contribution in [0.25, 0.3) is 0 Å². The van der Waals surface area contributed by atoms with Crippen LogP contribution in [0.2, 0.25) is 0 Å². The molecule has 0 amide bonds. The van der Waals surface area contributed by atoms with Crippen LogP contribution in [0.4, 0.5) is 13.2 Å². The van der Waals surface area contributed by atoms with Gasteiger partial charge in [0.05, 0.1) is 5.56 Å². The molecule has 1 saturated heterocycles. The number of benzene rings is 1. The van der Waals surface area contributed by atoms with Crippen molar-refractivity contribution in [1.82, 2.24) is 5.32 Å². The Balaban J connectivity index is 1.81. The average molecular weight is 255 g/mol. The Morgan fingerprint density at radius 3 is 2.39 bits per heavy atom. The van der Waals surface area contributed by atoms with Crippen molar-refractivity contribution in [1.29, 1.82) is 0 Å². The summed E-state index contributed by atoms with van der Waals surface area (Å²) in [6.07, 6.45) is -1.92. The average Bonchev–Trinajstić information content (AvgIpc) is 2.89. The van der Waals surface area contributed by atoms with Crippen molar-refractivity contribution in [2.75, 3.05) is 13.1 Å². The lowest BCUT2D eigenvalue weighted by molar-refractivity contribution is -0.137. The minimum Gasteiger partial charge on any atom is -0.316 e. The Labute approximate surface area is 104 Å². The van der Waals surface area contributed by atoms with Crippen LogP contribution in [0.1, 0.15) is 29.9 Å². The van der Waals surface area contributed by atoms with Crippen molar-refractivity contribution in [2.24, 2.45) is 11.8 Å². The summed E-state index contributed by atoms with van der Waals surface area (Å²) in [4.78, 5) is 0. The van der Waals surface area contributed by atoms with Gasteiger partial charge in [-0.3, -0.25) is 0 Å². The van der Waals surface area contributed by atoms with E-state index in [1.54, 1.807) is 12.1 Å². The predicted molar refractivity (Wildman–Crippen MR) is 63.3 cm³/mol. The molecule has 1 aliphatic heterocycles. The number of fused-ring (bicyclic) bond motifs is 1. The second-order valence-electron chi connectivity index (χ2n) is 5.39. The van der Waals surface area contributed by atoms with Crippen LogP contribution in [-0.2, 0) is 6.18 Å². The second kappa shape index (κ2) is 4.26. The zero-order valence-corrected chi connectivity index (χ0v) is 10.0. The van der Waals surface area contributed by atoms with Crippen LogP contribution in [0.15, 0.2) is 24.3 Å². The normalized spacial score (nSPS) is 31.6. The maximum atomic E-state index is 12.5. The minimum absolute atomic E-state index is 0.437. The van der Waals surface area contributed by atoms with Gasteiger partial charge in [0.15, 0.2) is 0 Å². The highest BCUT2D eigenvalue weighted by molar-refractivity contribution is 5.29. The Kier molecular flexibility index (Phi) is 2.85. The van der Waals surface area contributed by atoms with E-state index >= 15 is 0 Å². The quantitative estimate of drug-likeness (QED) is 0.810. The van der Waals surface area contributed by atoms with Gasteiger partial charge in [-0.05, 0) is 61.4 Å². The number of alkyl halides is 3. The summed E-state index contributed by atoms with van der Waals surface area (Å²) in [5.41, 5.74) is 0.518. The summed E-state index contributed by atoms with van der Waals surface area (Å²) < 4.78 is 37.5. The molecule has 3 atom stereocenters. The zero-order chi connectivity index (χ0) is 12.8. The largest absolute Gasteiger partial charge is 0.416 e. The molecule has 0 spiro atoms. The van der Waals surface area contributed by atoms with E-state index in [0.29, 0.717) is 11.8 Å². The monoisotopic (exact) mass is 255 g/mol. The van der Waals surface area contributed by atoms with Crippen molar-refractivity contribution < 1.29 is 13.2 Å². The van der Waals surface area contributed by atoms with E-state index < -0.39 is 11.7 Å². The van der Waals surface area contributed by atoms with Gasteiger partial charge < -0.3 is 5.32 Å². The number of halogens is 3. The lowest BCUT2D eigenvalue weighted by atomic mass is 9.86. The Morgan fingerprint density at radius 2 is 1.72 bits per heavy atom. The van der Waals surface area contributed by atoms with E-state index in [-0.39, 0.29) is 0 Å². The van der Waals surface area contributed by atoms with Gasteiger partial charge in [0.1, 0.15) is 0 Å². The number of hydrogen-bond acceptors (Lipinski definition) is 1. The van der Waals surface area contributed by atoms with Gasteiger partial charge in [-0.25, -0.2) is 0 Å². The highest BCUT2D eigenvalue weighted by Crippen LogP contribution is 2.45. The summed E-state index contributed by atoms with van der Waals surface area (Å²) in [6, 6.07) is 5.75. The molecule has 1 heterocycles. The molecule has 4 heteroatoms. The first kappa shape index (κ1) is 12.0. The highest BCUT2D eigenvalue weighted by Gasteiger charge is 2.40. The van der Waals surface area contributed by atoms with E-state index in [4.69, 9.17) is 0 Å². The summed E-state index contributed by atoms with van der Waals surface area (Å²) in [5.74, 6) is 1.77. The molecule has 1 aliphatic carbocycles. The molecule has 3 unspecified atom stereocenters. The van der Waals surface area contributed by atoms with Gasteiger partial charge in [-0.15, -0.1) is 0 Å². The standard InChI is InChI=1S/C14H16F3N/c15-14(16,17)11-4-1-9(2-5-11)12-6-3-10-7-18-8-13(10)12/h1-2,4-5,10,12-13,18H,3,6-8H2. The number of rotatable bonds is 1. The fourth-order valence-electron chi connectivity index (χ4n) is 3.48. The molecule has 0 aromatic heterocycles. The lowest BCUT2D eigenvalue weighted by Gasteiger charge is -2.18. The summed E-state index contributed by atoms with van der Waals surface area (Å²) >= 11 is 0. The molecule has 98 valence electrons. The summed E-state index contributed by atoms with van der Waals surface area (Å²) in [5, 5.41) is 3.38. The number of nitrogens with one attached hydrogen (secondary N) is 1. The molecule has 0 bridgehead atoms. The van der Waals surface area contributed by atoms with Crippen LogP contribution >= 0.6 is 0 Å². The molecule has 1 nitrogen and oxygen atoms in total. The first-order valence-electron chi connectivity index (χ1n) is 6.43. The molecule has 1 aromatic carbocycles. The van der Waals surface area contributed by atoms with Crippen molar-refractivity contribution in [3.05, 3.63) is 35.4 Å². The Bertz CT molecular complexity index is 424. The van der Waals surface area contributed by atoms with E-state index in [2.05, 4.69) is 5.32 Å². The third kappa shape index (κ3) is 2.03. The molecule has 1 aromatic rings. The Hall–Kier alpha value is -1.03. The topological polar surface area (TPSA) is 12.0 Å². The first-order chi connectivity index (χ1) is 8.55. The molecule has 3 rings (SSSR count). The van der Waals surface area contributed by atoms with Crippen LogP contribution in [0, 0.1) is 11.8 Å². The fraction of sp³-hybridized carbons (Fsp3) is 0.571.